The first-order chi connectivity index (χ1) is 19.4. The number of ether oxygens (including phenoxy) is 1. The van der Waals surface area contributed by atoms with E-state index >= 15 is 0 Å². The normalized spacial score (nSPS) is 14.0. The van der Waals surface area contributed by atoms with Crippen LogP contribution in [0.15, 0.2) is 76.6 Å². The van der Waals surface area contributed by atoms with Gasteiger partial charge in [0.05, 0.1) is 17.1 Å². The topological polar surface area (TPSA) is 88.8 Å². The zero-order valence-corrected chi connectivity index (χ0v) is 22.6. The van der Waals surface area contributed by atoms with Crippen LogP contribution in [0.5, 0.6) is 5.75 Å². The number of rotatable bonds is 8. The van der Waals surface area contributed by atoms with E-state index in [4.69, 9.17) is 9.72 Å². The van der Waals surface area contributed by atoms with Gasteiger partial charge in [-0.15, -0.1) is 0 Å². The summed E-state index contributed by atoms with van der Waals surface area (Å²) >= 11 is 0. The van der Waals surface area contributed by atoms with Crippen molar-refractivity contribution in [2.45, 2.75) is 38.0 Å². The van der Waals surface area contributed by atoms with Crippen LogP contribution in [0.3, 0.4) is 0 Å². The van der Waals surface area contributed by atoms with Crippen molar-refractivity contribution in [3.8, 4) is 5.75 Å². The molecule has 5 rings (SSSR count). The molecule has 1 aliphatic rings. The van der Waals surface area contributed by atoms with Crippen LogP contribution in [0.1, 0.15) is 49.4 Å². The Kier molecular flexibility index (Phi) is 8.19. The van der Waals surface area contributed by atoms with Crippen LogP contribution in [0.2, 0.25) is 0 Å². The molecule has 0 bridgehead atoms. The van der Waals surface area contributed by atoms with Crippen molar-refractivity contribution in [1.29, 1.82) is 0 Å². The number of halogens is 1. The van der Waals surface area contributed by atoms with Gasteiger partial charge in [-0.2, -0.15) is 9.78 Å². The van der Waals surface area contributed by atoms with Gasteiger partial charge in [0.25, 0.3) is 11.5 Å². The summed E-state index contributed by atoms with van der Waals surface area (Å²) in [6, 6.07) is 18.5. The minimum Gasteiger partial charge on any atom is -0.483 e. The Balaban J connectivity index is 1.46. The van der Waals surface area contributed by atoms with Crippen LogP contribution in [0, 0.1) is 5.82 Å². The SMILES string of the molecule is CN(C)c1ccc(C=Nn2c(C3CCCCC3)nc3ccccc3c2=O)c(OCC(=O)Nc2cccc(F)c2)c1. The van der Waals surface area contributed by atoms with Gasteiger partial charge in [0.15, 0.2) is 6.61 Å². The van der Waals surface area contributed by atoms with Crippen molar-refractivity contribution >= 4 is 34.4 Å². The average molecular weight is 542 g/mol. The van der Waals surface area contributed by atoms with E-state index in [0.717, 1.165) is 31.4 Å². The number of carbonyl (C=O) groups excluding carboxylic acids is 1. The third-order valence-corrected chi connectivity index (χ3v) is 7.04. The Morgan fingerprint density at radius 2 is 1.90 bits per heavy atom. The number of fused-ring (bicyclic) bond motifs is 1. The Morgan fingerprint density at radius 1 is 1.10 bits per heavy atom. The van der Waals surface area contributed by atoms with E-state index in [0.29, 0.717) is 33.7 Å². The first-order valence-corrected chi connectivity index (χ1v) is 13.4. The summed E-state index contributed by atoms with van der Waals surface area (Å²) in [6.45, 7) is -0.293. The maximum atomic E-state index is 13.5. The Hall–Kier alpha value is -4.53. The predicted octanol–water partition coefficient (Wildman–Crippen LogP) is 5.55. The fourth-order valence-corrected chi connectivity index (χ4v) is 4.94. The molecule has 1 aromatic heterocycles. The highest BCUT2D eigenvalue weighted by Gasteiger charge is 2.22. The van der Waals surface area contributed by atoms with Crippen molar-refractivity contribution in [2.24, 2.45) is 5.10 Å². The maximum absolute atomic E-state index is 13.5. The molecule has 1 fully saturated rings. The highest BCUT2D eigenvalue weighted by Crippen LogP contribution is 2.32. The molecule has 9 heteroatoms. The molecule has 1 aliphatic carbocycles. The molecular formula is C31H32FN5O3. The molecule has 1 amide bonds. The Morgan fingerprint density at radius 3 is 2.67 bits per heavy atom. The lowest BCUT2D eigenvalue weighted by Crippen LogP contribution is -2.25. The molecule has 40 heavy (non-hydrogen) atoms. The van der Waals surface area contributed by atoms with Crippen molar-refractivity contribution in [1.82, 2.24) is 9.66 Å². The zero-order valence-electron chi connectivity index (χ0n) is 22.6. The highest BCUT2D eigenvalue weighted by atomic mass is 19.1. The van der Waals surface area contributed by atoms with Crippen LogP contribution in [0.25, 0.3) is 10.9 Å². The van der Waals surface area contributed by atoms with Gasteiger partial charge in [-0.25, -0.2) is 9.37 Å². The average Bonchev–Trinajstić information content (AvgIpc) is 2.96. The predicted molar refractivity (Wildman–Crippen MR) is 156 cm³/mol. The van der Waals surface area contributed by atoms with Gasteiger partial charge in [0, 0.05) is 43.0 Å². The van der Waals surface area contributed by atoms with Crippen molar-refractivity contribution in [3.63, 3.8) is 0 Å². The fraction of sp³-hybridized carbons (Fsp3) is 0.290. The second-order valence-corrected chi connectivity index (χ2v) is 10.1. The van der Waals surface area contributed by atoms with Gasteiger partial charge in [0.2, 0.25) is 0 Å². The maximum Gasteiger partial charge on any atom is 0.282 e. The first kappa shape index (κ1) is 27.1. The summed E-state index contributed by atoms with van der Waals surface area (Å²) in [4.78, 5) is 32.9. The molecule has 1 heterocycles. The molecule has 8 nitrogen and oxygen atoms in total. The van der Waals surface area contributed by atoms with Gasteiger partial charge in [-0.1, -0.05) is 37.5 Å². The van der Waals surface area contributed by atoms with E-state index in [1.54, 1.807) is 24.4 Å². The number of aromatic nitrogens is 2. The summed E-state index contributed by atoms with van der Waals surface area (Å²) in [7, 11) is 3.81. The number of para-hydroxylation sites is 1. The molecule has 206 valence electrons. The van der Waals surface area contributed by atoms with E-state index in [-0.39, 0.29) is 18.1 Å². The largest absolute Gasteiger partial charge is 0.483 e. The van der Waals surface area contributed by atoms with Gasteiger partial charge >= 0.3 is 0 Å². The Labute approximate surface area is 232 Å². The van der Waals surface area contributed by atoms with E-state index in [1.807, 2.05) is 49.3 Å². The molecule has 1 N–H and O–H groups in total. The summed E-state index contributed by atoms with van der Waals surface area (Å²) in [5.74, 6) is 0.369. The lowest BCUT2D eigenvalue weighted by Gasteiger charge is -2.22. The van der Waals surface area contributed by atoms with Crippen LogP contribution >= 0.6 is 0 Å². The van der Waals surface area contributed by atoms with Crippen molar-refractivity contribution in [3.05, 3.63) is 94.3 Å². The number of amides is 1. The van der Waals surface area contributed by atoms with Crippen LogP contribution in [0.4, 0.5) is 15.8 Å². The summed E-state index contributed by atoms with van der Waals surface area (Å²) in [5, 5.41) is 7.76. The fourth-order valence-electron chi connectivity index (χ4n) is 4.94. The Bertz CT molecular complexity index is 1610. The quantitative estimate of drug-likeness (QED) is 0.296. The summed E-state index contributed by atoms with van der Waals surface area (Å²) in [6.07, 6.45) is 6.88. The summed E-state index contributed by atoms with van der Waals surface area (Å²) < 4.78 is 20.8. The lowest BCUT2D eigenvalue weighted by atomic mass is 9.88. The monoisotopic (exact) mass is 541 g/mol. The van der Waals surface area contributed by atoms with Crippen LogP contribution in [-0.4, -0.2) is 42.5 Å². The van der Waals surface area contributed by atoms with Crippen LogP contribution in [-0.2, 0) is 4.79 Å². The smallest absolute Gasteiger partial charge is 0.282 e. The van der Waals surface area contributed by atoms with E-state index in [2.05, 4.69) is 10.4 Å². The molecular weight excluding hydrogens is 509 g/mol. The summed E-state index contributed by atoms with van der Waals surface area (Å²) in [5.41, 5.74) is 2.26. The van der Waals surface area contributed by atoms with Gasteiger partial charge in [-0.3, -0.25) is 9.59 Å². The second-order valence-electron chi connectivity index (χ2n) is 10.1. The molecule has 4 aromatic rings. The molecule has 0 saturated heterocycles. The highest BCUT2D eigenvalue weighted by molar-refractivity contribution is 5.92. The second kappa shape index (κ2) is 12.1. The third kappa shape index (κ3) is 6.20. The number of carbonyl (C=O) groups is 1. The lowest BCUT2D eigenvalue weighted by molar-refractivity contribution is -0.118. The first-order valence-electron chi connectivity index (χ1n) is 13.4. The minimum absolute atomic E-state index is 0.154. The molecule has 0 atom stereocenters. The minimum atomic E-state index is -0.443. The van der Waals surface area contributed by atoms with E-state index in [9.17, 15) is 14.0 Å². The molecule has 0 aliphatic heterocycles. The molecule has 0 radical (unpaired) electrons. The number of hydrogen-bond donors (Lipinski definition) is 1. The van der Waals surface area contributed by atoms with Crippen LogP contribution < -0.4 is 20.5 Å². The number of anilines is 2. The molecule has 0 spiro atoms. The number of nitrogens with zero attached hydrogens (tertiary/aromatic N) is 4. The van der Waals surface area contributed by atoms with Gasteiger partial charge < -0.3 is 15.0 Å². The number of benzene rings is 3. The zero-order chi connectivity index (χ0) is 28.1. The standard InChI is InChI=1S/C31H32FN5O3/c1-36(2)25-16-15-22(28(18-25)40-20-29(38)34-24-12-8-11-23(32)17-24)19-33-37-30(21-9-4-3-5-10-21)35-27-14-7-6-13-26(27)31(37)39/h6-8,11-19,21H,3-5,9-10,20H2,1-2H3,(H,34,38). The van der Waals surface area contributed by atoms with Crippen molar-refractivity contribution in [2.75, 3.05) is 30.9 Å². The number of hydrogen-bond acceptors (Lipinski definition) is 6. The molecule has 3 aromatic carbocycles. The van der Waals surface area contributed by atoms with Gasteiger partial charge in [-0.05, 0) is 55.3 Å². The van der Waals surface area contributed by atoms with E-state index < -0.39 is 11.7 Å². The molecule has 0 unspecified atom stereocenters. The van der Waals surface area contributed by atoms with Gasteiger partial charge in [0.1, 0.15) is 17.4 Å². The van der Waals surface area contributed by atoms with E-state index in [1.165, 1.54) is 29.3 Å². The molecule has 1 saturated carbocycles. The van der Waals surface area contributed by atoms with Crippen molar-refractivity contribution < 1.29 is 13.9 Å². The number of nitrogens with one attached hydrogen (secondary N) is 1. The third-order valence-electron chi connectivity index (χ3n) is 7.04.